The molecule has 1 heterocycles. The van der Waals surface area contributed by atoms with Gasteiger partial charge in [0.1, 0.15) is 0 Å². The second kappa shape index (κ2) is 8.27. The van der Waals surface area contributed by atoms with Crippen LogP contribution >= 0.6 is 0 Å². The first kappa shape index (κ1) is 23.3. The molecule has 1 saturated heterocycles. The average Bonchev–Trinajstić information content (AvgIpc) is 2.94. The molecule has 0 radical (unpaired) electrons. The number of hydrogen-bond donors (Lipinski definition) is 1. The molecule has 0 aromatic heterocycles. The number of para-hydroxylation sites is 1. The molecule has 0 bridgehead atoms. The maximum atomic E-state index is 13.4. The Kier molecular flexibility index (Phi) is 6.21. The average molecular weight is 465 g/mol. The molecule has 1 aliphatic heterocycles. The van der Waals surface area contributed by atoms with Crippen LogP contribution in [-0.2, 0) is 24.8 Å². The second-order valence-corrected chi connectivity index (χ2v) is 12.0. The molecule has 3 rings (SSSR count). The van der Waals surface area contributed by atoms with Crippen LogP contribution in [0.15, 0.2) is 41.3 Å². The number of nitrogens with one attached hydrogen (secondary N) is 1. The smallest absolute Gasteiger partial charge is 0.262 e. The maximum absolute atomic E-state index is 13.4. The molecule has 1 N–H and O–H groups in total. The van der Waals surface area contributed by atoms with Gasteiger partial charge in [-0.15, -0.1) is 0 Å². The number of aryl methyl sites for hydroxylation is 1. The van der Waals surface area contributed by atoms with E-state index >= 15 is 0 Å². The van der Waals surface area contributed by atoms with Gasteiger partial charge < -0.3 is 0 Å². The fourth-order valence-electron chi connectivity index (χ4n) is 3.73. The van der Waals surface area contributed by atoms with Crippen LogP contribution in [0.2, 0.25) is 0 Å². The van der Waals surface area contributed by atoms with E-state index in [1.54, 1.807) is 6.92 Å². The summed E-state index contributed by atoms with van der Waals surface area (Å²) in [6, 6.07) is 9.93. The first-order chi connectivity index (χ1) is 14.3. The third-order valence-electron chi connectivity index (χ3n) is 5.38. The summed E-state index contributed by atoms with van der Waals surface area (Å²) in [5.41, 5.74) is 2.78. The third-order valence-corrected chi connectivity index (χ3v) is 8.57. The Balaban J connectivity index is 2.12. The molecule has 0 spiro atoms. The summed E-state index contributed by atoms with van der Waals surface area (Å²) < 4.78 is 54.9. The molecular formula is C22H28N2O5S2. The number of benzene rings is 2. The first-order valence-electron chi connectivity index (χ1n) is 10.2. The zero-order valence-electron chi connectivity index (χ0n) is 18.3. The van der Waals surface area contributed by atoms with E-state index in [0.717, 1.165) is 11.1 Å². The predicted octanol–water partition coefficient (Wildman–Crippen LogP) is 4.11. The zero-order valence-corrected chi connectivity index (χ0v) is 20.0. The monoisotopic (exact) mass is 464 g/mol. The molecule has 2 aromatic carbocycles. The normalized spacial score (nSPS) is 16.4. The van der Waals surface area contributed by atoms with E-state index in [-0.39, 0.29) is 34.6 Å². The molecule has 2 aromatic rings. The predicted molar refractivity (Wildman–Crippen MR) is 122 cm³/mol. The van der Waals surface area contributed by atoms with E-state index in [1.807, 2.05) is 45.9 Å². The van der Waals surface area contributed by atoms with Crippen LogP contribution < -0.4 is 9.03 Å². The molecule has 31 heavy (non-hydrogen) atoms. The molecule has 1 amide bonds. The van der Waals surface area contributed by atoms with Gasteiger partial charge in [-0.1, -0.05) is 52.0 Å². The van der Waals surface area contributed by atoms with E-state index < -0.39 is 26.0 Å². The van der Waals surface area contributed by atoms with E-state index in [2.05, 4.69) is 4.72 Å². The van der Waals surface area contributed by atoms with Gasteiger partial charge >= 0.3 is 0 Å². The summed E-state index contributed by atoms with van der Waals surface area (Å²) >= 11 is 0. The van der Waals surface area contributed by atoms with Gasteiger partial charge in [0.05, 0.1) is 22.0 Å². The van der Waals surface area contributed by atoms with Crippen molar-refractivity contribution in [2.75, 3.05) is 14.8 Å². The van der Waals surface area contributed by atoms with Crippen LogP contribution in [0.1, 0.15) is 62.6 Å². The van der Waals surface area contributed by atoms with E-state index in [9.17, 15) is 21.6 Å². The van der Waals surface area contributed by atoms with Crippen molar-refractivity contribution >= 4 is 37.3 Å². The largest absolute Gasteiger partial charge is 0.279 e. The minimum Gasteiger partial charge on any atom is -0.279 e. The Bertz CT molecular complexity index is 1210. The fourth-order valence-corrected chi connectivity index (χ4v) is 6.57. The van der Waals surface area contributed by atoms with Crippen LogP contribution in [0.3, 0.4) is 0 Å². The van der Waals surface area contributed by atoms with Crippen LogP contribution in [0, 0.1) is 6.92 Å². The summed E-state index contributed by atoms with van der Waals surface area (Å²) in [6.07, 6.45) is -0.115. The molecule has 1 fully saturated rings. The number of carbonyl (C=O) groups excluding carboxylic acids is 1. The highest BCUT2D eigenvalue weighted by Crippen LogP contribution is 2.35. The highest BCUT2D eigenvalue weighted by atomic mass is 32.2. The van der Waals surface area contributed by atoms with Gasteiger partial charge in [0.15, 0.2) is 0 Å². The number of nitrogens with zero attached hydrogens (tertiary/aromatic N) is 1. The number of sulfonamides is 2. The lowest BCUT2D eigenvalue weighted by molar-refractivity contribution is -0.116. The molecule has 0 unspecified atom stereocenters. The number of rotatable bonds is 6. The number of amides is 1. The summed E-state index contributed by atoms with van der Waals surface area (Å²) in [5.74, 6) is -0.653. The minimum atomic E-state index is -4.05. The first-order valence-corrected chi connectivity index (χ1v) is 13.3. The topological polar surface area (TPSA) is 101 Å². The Labute approximate surface area is 184 Å². The highest BCUT2D eigenvalue weighted by Gasteiger charge is 2.37. The van der Waals surface area contributed by atoms with Crippen LogP contribution in [0.4, 0.5) is 11.4 Å². The Morgan fingerprint density at radius 2 is 1.58 bits per heavy atom. The quantitative estimate of drug-likeness (QED) is 0.693. The summed E-state index contributed by atoms with van der Waals surface area (Å²) in [7, 11) is -7.84. The van der Waals surface area contributed by atoms with E-state index in [0.29, 0.717) is 15.6 Å². The van der Waals surface area contributed by atoms with Crippen molar-refractivity contribution in [1.82, 2.24) is 0 Å². The lowest BCUT2D eigenvalue weighted by atomic mass is 9.93. The molecule has 0 atom stereocenters. The standard InChI is InChI=1S/C22H28N2O5S2/c1-14(2)18-7-6-8-19(15(3)4)22(18)23-31(28,29)20-13-17(10-9-16(20)5)24-21(25)11-12-30(24,26)27/h6-10,13-15,23H,11-12H2,1-5H3. The maximum Gasteiger partial charge on any atom is 0.262 e. The molecule has 168 valence electrons. The molecule has 7 nitrogen and oxygen atoms in total. The van der Waals surface area contributed by atoms with Crippen LogP contribution in [-0.4, -0.2) is 28.5 Å². The van der Waals surface area contributed by atoms with Crippen molar-refractivity contribution < 1.29 is 21.6 Å². The number of hydrogen-bond acceptors (Lipinski definition) is 5. The van der Waals surface area contributed by atoms with Gasteiger partial charge in [0.2, 0.25) is 15.9 Å². The van der Waals surface area contributed by atoms with Gasteiger partial charge in [-0.05, 0) is 47.6 Å². The molecule has 9 heteroatoms. The molecular weight excluding hydrogens is 436 g/mol. The molecule has 1 aliphatic rings. The van der Waals surface area contributed by atoms with Crippen molar-refractivity contribution in [3.63, 3.8) is 0 Å². The second-order valence-electron chi connectivity index (χ2n) is 8.40. The van der Waals surface area contributed by atoms with E-state index in [4.69, 9.17) is 0 Å². The van der Waals surface area contributed by atoms with Gasteiger partial charge in [-0.2, -0.15) is 0 Å². The number of carbonyl (C=O) groups is 1. The lowest BCUT2D eigenvalue weighted by Gasteiger charge is -2.22. The Morgan fingerprint density at radius 1 is 1.00 bits per heavy atom. The fraction of sp³-hybridized carbons (Fsp3) is 0.409. The Morgan fingerprint density at radius 3 is 2.06 bits per heavy atom. The molecule has 0 aliphatic carbocycles. The molecule has 0 saturated carbocycles. The van der Waals surface area contributed by atoms with Gasteiger partial charge in [0.25, 0.3) is 10.0 Å². The van der Waals surface area contributed by atoms with Crippen molar-refractivity contribution in [3.8, 4) is 0 Å². The SMILES string of the molecule is Cc1ccc(N2C(=O)CCS2(=O)=O)cc1S(=O)(=O)Nc1c(C(C)C)cccc1C(C)C. The van der Waals surface area contributed by atoms with Gasteiger partial charge in [-0.3, -0.25) is 9.52 Å². The van der Waals surface area contributed by atoms with Gasteiger partial charge in [-0.25, -0.2) is 21.1 Å². The Hall–Kier alpha value is -2.39. The van der Waals surface area contributed by atoms with Crippen molar-refractivity contribution in [3.05, 3.63) is 53.1 Å². The minimum absolute atomic E-state index is 0.0368. The van der Waals surface area contributed by atoms with Crippen LogP contribution in [0.25, 0.3) is 0 Å². The summed E-state index contributed by atoms with van der Waals surface area (Å²) in [6.45, 7) is 9.61. The van der Waals surface area contributed by atoms with Gasteiger partial charge in [0, 0.05) is 6.42 Å². The van der Waals surface area contributed by atoms with E-state index in [1.165, 1.54) is 18.2 Å². The highest BCUT2D eigenvalue weighted by molar-refractivity contribution is 7.94. The summed E-state index contributed by atoms with van der Waals surface area (Å²) in [4.78, 5) is 12.1. The number of anilines is 2. The zero-order chi connectivity index (χ0) is 23.1. The third kappa shape index (κ3) is 4.48. The lowest BCUT2D eigenvalue weighted by Crippen LogP contribution is -2.29. The van der Waals surface area contributed by atoms with Crippen molar-refractivity contribution in [1.29, 1.82) is 0 Å². The van der Waals surface area contributed by atoms with Crippen LogP contribution in [0.5, 0.6) is 0 Å². The van der Waals surface area contributed by atoms with Crippen molar-refractivity contribution in [2.24, 2.45) is 0 Å². The van der Waals surface area contributed by atoms with Crippen molar-refractivity contribution in [2.45, 2.75) is 57.8 Å². The summed E-state index contributed by atoms with van der Waals surface area (Å²) in [5, 5.41) is 0.